The predicted octanol–water partition coefficient (Wildman–Crippen LogP) is 3.72. The predicted molar refractivity (Wildman–Crippen MR) is 115 cm³/mol. The molecule has 7 heteroatoms. The molecule has 0 bridgehead atoms. The molecule has 4 rings (SSSR count). The van der Waals surface area contributed by atoms with Crippen LogP contribution in [0.25, 0.3) is 11.1 Å². The molecular weight excluding hydrogens is 398 g/mol. The first-order chi connectivity index (χ1) is 14.8. The fraction of sp³-hybridized carbons (Fsp3) is 0.417. The molecule has 0 saturated heterocycles. The van der Waals surface area contributed by atoms with Gasteiger partial charge in [-0.05, 0) is 56.0 Å². The number of ether oxygens (including phenoxy) is 4. The molecule has 2 aliphatic rings. The van der Waals surface area contributed by atoms with Gasteiger partial charge >= 0.3 is 5.97 Å². The van der Waals surface area contributed by atoms with Crippen molar-refractivity contribution in [2.45, 2.75) is 38.8 Å². The van der Waals surface area contributed by atoms with E-state index in [4.69, 9.17) is 18.9 Å². The number of esters is 1. The van der Waals surface area contributed by atoms with E-state index in [0.29, 0.717) is 29.4 Å². The molecule has 1 aliphatic carbocycles. The number of hydrogen-bond donors (Lipinski definition) is 1. The highest BCUT2D eigenvalue weighted by Gasteiger charge is 2.36. The number of carbonyl (C=O) groups is 2. The zero-order valence-electron chi connectivity index (χ0n) is 18.2. The van der Waals surface area contributed by atoms with E-state index in [1.807, 2.05) is 44.2 Å². The zero-order valence-corrected chi connectivity index (χ0v) is 18.2. The maximum absolute atomic E-state index is 12.1. The SMILES string of the molecule is COc1ccc(-c2cccc3c2CNC3=O)c(OCC(C)(C)OC(=O)C2CC2)c1OC. The van der Waals surface area contributed by atoms with E-state index in [9.17, 15) is 9.59 Å². The summed E-state index contributed by atoms with van der Waals surface area (Å²) in [6, 6.07) is 9.30. The Morgan fingerprint density at radius 1 is 1.03 bits per heavy atom. The van der Waals surface area contributed by atoms with Gasteiger partial charge in [-0.2, -0.15) is 0 Å². The Morgan fingerprint density at radius 3 is 2.45 bits per heavy atom. The summed E-state index contributed by atoms with van der Waals surface area (Å²) in [5.41, 5.74) is 2.39. The standard InChI is InChI=1S/C24H27NO6/c1-24(2,31-23(27)14-8-9-14)13-30-20-16(10-11-19(28-3)21(20)29-4)15-6-5-7-17-18(15)12-25-22(17)26/h5-7,10-11,14H,8-9,12-13H2,1-4H3,(H,25,26). The molecule has 1 fully saturated rings. The molecule has 164 valence electrons. The third-order valence-electron chi connectivity index (χ3n) is 5.49. The molecule has 0 spiro atoms. The van der Waals surface area contributed by atoms with Gasteiger partial charge in [0, 0.05) is 17.7 Å². The fourth-order valence-electron chi connectivity index (χ4n) is 3.71. The summed E-state index contributed by atoms with van der Waals surface area (Å²) in [7, 11) is 3.11. The number of rotatable bonds is 8. The highest BCUT2D eigenvalue weighted by molar-refractivity contribution is 6.01. The number of carbonyl (C=O) groups excluding carboxylic acids is 2. The van der Waals surface area contributed by atoms with Gasteiger partial charge in [0.05, 0.1) is 20.1 Å². The average molecular weight is 425 g/mol. The maximum Gasteiger partial charge on any atom is 0.309 e. The van der Waals surface area contributed by atoms with Crippen molar-refractivity contribution in [1.82, 2.24) is 5.32 Å². The molecule has 7 nitrogen and oxygen atoms in total. The van der Waals surface area contributed by atoms with Crippen molar-refractivity contribution in [3.05, 3.63) is 41.5 Å². The van der Waals surface area contributed by atoms with Crippen LogP contribution in [0.2, 0.25) is 0 Å². The maximum atomic E-state index is 12.1. The van der Waals surface area contributed by atoms with E-state index in [0.717, 1.165) is 29.5 Å². The Hall–Kier alpha value is -3.22. The molecule has 0 unspecified atom stereocenters. The quantitative estimate of drug-likeness (QED) is 0.649. The molecule has 0 aromatic heterocycles. The smallest absolute Gasteiger partial charge is 0.309 e. The van der Waals surface area contributed by atoms with E-state index in [1.54, 1.807) is 14.2 Å². The minimum absolute atomic E-state index is 0.0122. The van der Waals surface area contributed by atoms with E-state index >= 15 is 0 Å². The third-order valence-corrected chi connectivity index (χ3v) is 5.49. The summed E-state index contributed by atoms with van der Waals surface area (Å²) in [4.78, 5) is 24.3. The topological polar surface area (TPSA) is 83.1 Å². The first-order valence-electron chi connectivity index (χ1n) is 10.4. The molecule has 2 aromatic rings. The van der Waals surface area contributed by atoms with Gasteiger partial charge in [-0.15, -0.1) is 0 Å². The van der Waals surface area contributed by atoms with Crippen molar-refractivity contribution in [3.63, 3.8) is 0 Å². The minimum Gasteiger partial charge on any atom is -0.493 e. The summed E-state index contributed by atoms with van der Waals surface area (Å²) in [5.74, 6) is 1.18. The van der Waals surface area contributed by atoms with E-state index in [1.165, 1.54) is 0 Å². The number of benzene rings is 2. The van der Waals surface area contributed by atoms with Crippen LogP contribution < -0.4 is 19.5 Å². The number of amides is 1. The minimum atomic E-state index is -0.818. The van der Waals surface area contributed by atoms with Crippen molar-refractivity contribution in [2.75, 3.05) is 20.8 Å². The van der Waals surface area contributed by atoms with Gasteiger partial charge in [0.2, 0.25) is 5.75 Å². The zero-order chi connectivity index (χ0) is 22.2. The lowest BCUT2D eigenvalue weighted by Crippen LogP contribution is -2.35. The number of nitrogens with one attached hydrogen (secondary N) is 1. The van der Waals surface area contributed by atoms with Crippen LogP contribution in [0.15, 0.2) is 30.3 Å². The number of fused-ring (bicyclic) bond motifs is 1. The lowest BCUT2D eigenvalue weighted by molar-refractivity contribution is -0.160. The summed E-state index contributed by atoms with van der Waals surface area (Å²) < 4.78 is 23.0. The molecule has 1 N–H and O–H groups in total. The third kappa shape index (κ3) is 4.17. The Labute approximate surface area is 181 Å². The summed E-state index contributed by atoms with van der Waals surface area (Å²) in [6.07, 6.45) is 1.77. The molecule has 1 saturated carbocycles. The van der Waals surface area contributed by atoms with Crippen LogP contribution in [0.5, 0.6) is 17.2 Å². The van der Waals surface area contributed by atoms with Crippen molar-refractivity contribution in [3.8, 4) is 28.4 Å². The van der Waals surface area contributed by atoms with Crippen LogP contribution in [-0.4, -0.2) is 38.3 Å². The van der Waals surface area contributed by atoms with Crippen LogP contribution in [0.1, 0.15) is 42.6 Å². The van der Waals surface area contributed by atoms with Gasteiger partial charge < -0.3 is 24.3 Å². The van der Waals surface area contributed by atoms with Crippen LogP contribution in [0.3, 0.4) is 0 Å². The summed E-state index contributed by atoms with van der Waals surface area (Å²) >= 11 is 0. The van der Waals surface area contributed by atoms with Crippen molar-refractivity contribution in [2.24, 2.45) is 5.92 Å². The van der Waals surface area contributed by atoms with Crippen LogP contribution in [-0.2, 0) is 16.1 Å². The average Bonchev–Trinajstić information content (AvgIpc) is 3.54. The Bertz CT molecular complexity index is 1020. The molecule has 0 radical (unpaired) electrons. The van der Waals surface area contributed by atoms with Crippen LogP contribution in [0.4, 0.5) is 0 Å². The van der Waals surface area contributed by atoms with Gasteiger partial charge in [-0.3, -0.25) is 9.59 Å². The highest BCUT2D eigenvalue weighted by atomic mass is 16.6. The Kier molecular flexibility index (Phi) is 5.52. The largest absolute Gasteiger partial charge is 0.493 e. The molecule has 0 atom stereocenters. The fourth-order valence-corrected chi connectivity index (χ4v) is 3.71. The van der Waals surface area contributed by atoms with Crippen LogP contribution in [0, 0.1) is 5.92 Å². The van der Waals surface area contributed by atoms with Gasteiger partial charge in [0.15, 0.2) is 11.5 Å². The van der Waals surface area contributed by atoms with E-state index in [-0.39, 0.29) is 24.4 Å². The first-order valence-corrected chi connectivity index (χ1v) is 10.4. The highest BCUT2D eigenvalue weighted by Crippen LogP contribution is 2.46. The lowest BCUT2D eigenvalue weighted by Gasteiger charge is -2.27. The summed E-state index contributed by atoms with van der Waals surface area (Å²) in [5, 5.41) is 2.87. The second-order valence-electron chi connectivity index (χ2n) is 8.44. The second-order valence-corrected chi connectivity index (χ2v) is 8.44. The molecule has 2 aromatic carbocycles. The van der Waals surface area contributed by atoms with E-state index in [2.05, 4.69) is 5.32 Å². The second kappa shape index (κ2) is 8.13. The van der Waals surface area contributed by atoms with Gasteiger partial charge in [-0.1, -0.05) is 12.1 Å². The van der Waals surface area contributed by atoms with Crippen LogP contribution >= 0.6 is 0 Å². The molecule has 1 amide bonds. The lowest BCUT2D eigenvalue weighted by atomic mass is 9.95. The molecule has 1 aliphatic heterocycles. The normalized spacial score (nSPS) is 15.2. The van der Waals surface area contributed by atoms with Crippen molar-refractivity contribution >= 4 is 11.9 Å². The van der Waals surface area contributed by atoms with Crippen molar-refractivity contribution in [1.29, 1.82) is 0 Å². The number of methoxy groups -OCH3 is 2. The number of hydrogen-bond acceptors (Lipinski definition) is 6. The molecule has 31 heavy (non-hydrogen) atoms. The molecule has 1 heterocycles. The van der Waals surface area contributed by atoms with Gasteiger partial charge in [0.1, 0.15) is 12.2 Å². The Balaban J connectivity index is 1.71. The van der Waals surface area contributed by atoms with Gasteiger partial charge in [0.25, 0.3) is 5.91 Å². The molecular formula is C24H27NO6. The Morgan fingerprint density at radius 2 is 1.77 bits per heavy atom. The van der Waals surface area contributed by atoms with Gasteiger partial charge in [-0.25, -0.2) is 0 Å². The van der Waals surface area contributed by atoms with Crippen molar-refractivity contribution < 1.29 is 28.5 Å². The van der Waals surface area contributed by atoms with E-state index < -0.39 is 5.60 Å². The summed E-state index contributed by atoms with van der Waals surface area (Å²) in [6.45, 7) is 4.22. The monoisotopic (exact) mass is 425 g/mol. The first kappa shape index (κ1) is 21.0.